The first-order chi connectivity index (χ1) is 9.13. The largest absolute Gasteiger partial charge is 0.494 e. The van der Waals surface area contributed by atoms with E-state index in [2.05, 4.69) is 15.9 Å². The summed E-state index contributed by atoms with van der Waals surface area (Å²) in [7, 11) is 0. The summed E-state index contributed by atoms with van der Waals surface area (Å²) >= 11 is 9.63. The molecule has 0 bridgehead atoms. The molecule has 0 saturated heterocycles. The molecule has 0 spiro atoms. The molecule has 1 nitrogen and oxygen atoms in total. The van der Waals surface area contributed by atoms with Gasteiger partial charge in [-0.3, -0.25) is 0 Å². The summed E-state index contributed by atoms with van der Waals surface area (Å²) in [4.78, 5) is 0. The van der Waals surface area contributed by atoms with Crippen LogP contribution in [0.4, 0.5) is 4.39 Å². The molecule has 0 radical (unpaired) electrons. The van der Waals surface area contributed by atoms with Gasteiger partial charge in [-0.2, -0.15) is 0 Å². The normalized spacial score (nSPS) is 12.2. The van der Waals surface area contributed by atoms with Crippen molar-refractivity contribution in [3.8, 4) is 5.75 Å². The summed E-state index contributed by atoms with van der Waals surface area (Å²) in [6.45, 7) is 2.56. The molecular formula is C15H13BrClFO. The van der Waals surface area contributed by atoms with Gasteiger partial charge < -0.3 is 4.74 Å². The highest BCUT2D eigenvalue weighted by Crippen LogP contribution is 2.35. The molecule has 19 heavy (non-hydrogen) atoms. The van der Waals surface area contributed by atoms with Crippen molar-refractivity contribution >= 4 is 27.5 Å². The van der Waals surface area contributed by atoms with Gasteiger partial charge in [0.1, 0.15) is 11.6 Å². The molecule has 0 amide bonds. The second-order valence-electron chi connectivity index (χ2n) is 4.01. The molecule has 0 saturated carbocycles. The van der Waals surface area contributed by atoms with E-state index in [4.69, 9.17) is 16.3 Å². The maximum atomic E-state index is 13.5. The number of benzene rings is 2. The number of ether oxygens (including phenoxy) is 1. The molecule has 0 heterocycles. The summed E-state index contributed by atoms with van der Waals surface area (Å²) in [5.74, 6) is 0.488. The van der Waals surface area contributed by atoms with E-state index in [1.807, 2.05) is 31.2 Å². The van der Waals surface area contributed by atoms with Crippen LogP contribution in [-0.4, -0.2) is 6.61 Å². The Labute approximate surface area is 125 Å². The van der Waals surface area contributed by atoms with Gasteiger partial charge in [0.25, 0.3) is 0 Å². The van der Waals surface area contributed by atoms with Gasteiger partial charge in [-0.05, 0) is 52.2 Å². The van der Waals surface area contributed by atoms with Crippen LogP contribution in [0.15, 0.2) is 46.9 Å². The zero-order valence-electron chi connectivity index (χ0n) is 10.4. The quantitative estimate of drug-likeness (QED) is 0.683. The first-order valence-corrected chi connectivity index (χ1v) is 7.17. The van der Waals surface area contributed by atoms with Crippen LogP contribution in [0, 0.1) is 5.82 Å². The summed E-state index contributed by atoms with van der Waals surface area (Å²) in [6.07, 6.45) is 0. The van der Waals surface area contributed by atoms with Gasteiger partial charge in [0.2, 0.25) is 0 Å². The molecule has 1 unspecified atom stereocenters. The summed E-state index contributed by atoms with van der Waals surface area (Å²) in [5, 5.41) is -0.402. The molecule has 2 rings (SSSR count). The van der Waals surface area contributed by atoms with Gasteiger partial charge in [0.05, 0.1) is 16.5 Å². The Bertz CT molecular complexity index is 557. The van der Waals surface area contributed by atoms with Gasteiger partial charge in [-0.1, -0.05) is 24.3 Å². The SMILES string of the molecule is CCOc1ccc(C(Cl)c2cccc(F)c2Br)cc1. The van der Waals surface area contributed by atoms with Crippen LogP contribution in [-0.2, 0) is 0 Å². The van der Waals surface area contributed by atoms with E-state index in [9.17, 15) is 4.39 Å². The molecule has 2 aromatic rings. The molecule has 100 valence electrons. The fraction of sp³-hybridized carbons (Fsp3) is 0.200. The molecule has 0 fully saturated rings. The van der Waals surface area contributed by atoms with E-state index in [1.54, 1.807) is 12.1 Å². The van der Waals surface area contributed by atoms with Crippen LogP contribution in [0.2, 0.25) is 0 Å². The van der Waals surface area contributed by atoms with Gasteiger partial charge in [0, 0.05) is 0 Å². The third-order valence-electron chi connectivity index (χ3n) is 2.74. The van der Waals surface area contributed by atoms with Crippen molar-refractivity contribution in [3.63, 3.8) is 0 Å². The standard InChI is InChI=1S/C15H13BrClFO/c1-2-19-11-8-6-10(7-9-11)15(17)12-4-3-5-13(18)14(12)16/h3-9,15H,2H2,1H3. The average molecular weight is 344 g/mol. The fourth-order valence-electron chi connectivity index (χ4n) is 1.80. The van der Waals surface area contributed by atoms with Crippen LogP contribution in [0.5, 0.6) is 5.75 Å². The van der Waals surface area contributed by atoms with E-state index in [-0.39, 0.29) is 5.82 Å². The van der Waals surface area contributed by atoms with Crippen molar-refractivity contribution < 1.29 is 9.13 Å². The Morgan fingerprint density at radius 3 is 2.53 bits per heavy atom. The van der Waals surface area contributed by atoms with Crippen molar-refractivity contribution in [2.45, 2.75) is 12.3 Å². The third-order valence-corrected chi connectivity index (χ3v) is 4.06. The number of rotatable bonds is 4. The molecule has 4 heteroatoms. The van der Waals surface area contributed by atoms with Gasteiger partial charge >= 0.3 is 0 Å². The maximum Gasteiger partial charge on any atom is 0.137 e. The van der Waals surface area contributed by atoms with Crippen molar-refractivity contribution in [2.75, 3.05) is 6.61 Å². The average Bonchev–Trinajstić information content (AvgIpc) is 2.42. The smallest absolute Gasteiger partial charge is 0.137 e. The lowest BCUT2D eigenvalue weighted by Crippen LogP contribution is -1.97. The summed E-state index contributed by atoms with van der Waals surface area (Å²) < 4.78 is 19.3. The Morgan fingerprint density at radius 2 is 1.89 bits per heavy atom. The lowest BCUT2D eigenvalue weighted by atomic mass is 10.0. The topological polar surface area (TPSA) is 9.23 Å². The summed E-state index contributed by atoms with van der Waals surface area (Å²) in [5.41, 5.74) is 1.61. The number of alkyl halides is 1. The second kappa shape index (κ2) is 6.40. The molecule has 2 aromatic carbocycles. The Hall–Kier alpha value is -1.06. The van der Waals surface area contributed by atoms with E-state index in [1.165, 1.54) is 6.07 Å². The highest BCUT2D eigenvalue weighted by atomic mass is 79.9. The lowest BCUT2D eigenvalue weighted by molar-refractivity contribution is 0.340. The van der Waals surface area contributed by atoms with E-state index >= 15 is 0 Å². The maximum absolute atomic E-state index is 13.5. The number of hydrogen-bond acceptors (Lipinski definition) is 1. The predicted molar refractivity (Wildman–Crippen MR) is 79.4 cm³/mol. The van der Waals surface area contributed by atoms with Crippen molar-refractivity contribution in [1.82, 2.24) is 0 Å². The highest BCUT2D eigenvalue weighted by Gasteiger charge is 2.16. The first-order valence-electron chi connectivity index (χ1n) is 5.94. The van der Waals surface area contributed by atoms with Crippen LogP contribution < -0.4 is 4.74 Å². The Kier molecular flexibility index (Phi) is 4.83. The zero-order valence-corrected chi connectivity index (χ0v) is 12.7. The number of halogens is 3. The Morgan fingerprint density at radius 1 is 1.21 bits per heavy atom. The highest BCUT2D eigenvalue weighted by molar-refractivity contribution is 9.10. The third kappa shape index (κ3) is 3.28. The van der Waals surface area contributed by atoms with Gasteiger partial charge in [-0.15, -0.1) is 11.6 Å². The molecule has 0 aliphatic carbocycles. The molecular weight excluding hydrogens is 331 g/mol. The fourth-order valence-corrected chi connectivity index (χ4v) is 2.75. The first kappa shape index (κ1) is 14.4. The van der Waals surface area contributed by atoms with Gasteiger partial charge in [-0.25, -0.2) is 4.39 Å². The predicted octanol–water partition coefficient (Wildman–Crippen LogP) is 5.32. The molecule has 1 atom stereocenters. The lowest BCUT2D eigenvalue weighted by Gasteiger charge is -2.13. The van der Waals surface area contributed by atoms with Crippen molar-refractivity contribution in [1.29, 1.82) is 0 Å². The number of hydrogen-bond donors (Lipinski definition) is 0. The minimum absolute atomic E-state index is 0.311. The van der Waals surface area contributed by atoms with E-state index in [0.29, 0.717) is 16.6 Å². The van der Waals surface area contributed by atoms with Crippen LogP contribution in [0.25, 0.3) is 0 Å². The van der Waals surface area contributed by atoms with E-state index in [0.717, 1.165) is 11.3 Å². The van der Waals surface area contributed by atoms with E-state index < -0.39 is 5.38 Å². The molecule has 0 aromatic heterocycles. The molecule has 0 aliphatic rings. The van der Waals surface area contributed by atoms with Crippen LogP contribution >= 0.6 is 27.5 Å². The second-order valence-corrected chi connectivity index (χ2v) is 5.24. The summed E-state index contributed by atoms with van der Waals surface area (Å²) in [6, 6.07) is 12.4. The molecule has 0 N–H and O–H groups in total. The molecule has 0 aliphatic heterocycles. The van der Waals surface area contributed by atoms with Crippen LogP contribution in [0.3, 0.4) is 0 Å². The zero-order chi connectivity index (χ0) is 13.8. The van der Waals surface area contributed by atoms with Crippen molar-refractivity contribution in [3.05, 3.63) is 63.9 Å². The Balaban J connectivity index is 2.28. The minimum atomic E-state index is -0.402. The van der Waals surface area contributed by atoms with Crippen molar-refractivity contribution in [2.24, 2.45) is 0 Å². The van der Waals surface area contributed by atoms with Crippen LogP contribution in [0.1, 0.15) is 23.4 Å². The van der Waals surface area contributed by atoms with Gasteiger partial charge in [0.15, 0.2) is 0 Å². The monoisotopic (exact) mass is 342 g/mol. The minimum Gasteiger partial charge on any atom is -0.494 e.